The summed E-state index contributed by atoms with van der Waals surface area (Å²) in [5, 5.41) is 5.58. The summed E-state index contributed by atoms with van der Waals surface area (Å²) in [4.78, 5) is 35.7. The Morgan fingerprint density at radius 1 is 1.21 bits per heavy atom. The molecule has 0 bridgehead atoms. The van der Waals surface area contributed by atoms with Crippen LogP contribution in [0.25, 0.3) is 0 Å². The molecule has 0 fully saturated rings. The molecule has 0 aromatic carbocycles. The van der Waals surface area contributed by atoms with Gasteiger partial charge in [-0.1, -0.05) is 0 Å². The van der Waals surface area contributed by atoms with Gasteiger partial charge in [0.2, 0.25) is 5.91 Å². The van der Waals surface area contributed by atoms with Crippen molar-refractivity contribution in [2.75, 3.05) is 22.6 Å². The number of hydrogen-bond acceptors (Lipinski definition) is 5. The van der Waals surface area contributed by atoms with Crippen LogP contribution in [0.3, 0.4) is 0 Å². The third-order valence-corrected chi connectivity index (χ3v) is 3.79. The van der Waals surface area contributed by atoms with Gasteiger partial charge >= 0.3 is 5.69 Å². The number of amides is 1. The third-order valence-electron chi connectivity index (χ3n) is 3.15. The molecule has 1 aromatic heterocycles. The Bertz CT molecular complexity index is 634. The smallest absolute Gasteiger partial charge is 0.332 e. The summed E-state index contributed by atoms with van der Waals surface area (Å²) in [5.74, 6) is 0.954. The van der Waals surface area contributed by atoms with Crippen LogP contribution >= 0.6 is 11.8 Å². The maximum absolute atomic E-state index is 11.9. The van der Waals surface area contributed by atoms with Crippen molar-refractivity contribution in [3.8, 4) is 0 Å². The van der Waals surface area contributed by atoms with Gasteiger partial charge in [0, 0.05) is 14.1 Å². The molecule has 104 valence electrons. The van der Waals surface area contributed by atoms with E-state index < -0.39 is 17.3 Å². The minimum Gasteiger partial charge on any atom is -0.358 e. The molecule has 2 rings (SSSR count). The topological polar surface area (TPSA) is 85.1 Å². The Morgan fingerprint density at radius 3 is 2.53 bits per heavy atom. The van der Waals surface area contributed by atoms with Crippen molar-refractivity contribution >= 4 is 29.2 Å². The molecule has 1 aliphatic rings. The number of nitrogens with zero attached hydrogens (tertiary/aromatic N) is 2. The number of anilines is 2. The summed E-state index contributed by atoms with van der Waals surface area (Å²) in [7, 11) is 2.95. The number of thioether (sulfide) groups is 1. The molecule has 19 heavy (non-hydrogen) atoms. The monoisotopic (exact) mass is 284 g/mol. The molecule has 8 heteroatoms. The highest BCUT2D eigenvalue weighted by atomic mass is 32.2. The summed E-state index contributed by atoms with van der Waals surface area (Å²) in [5.41, 5.74) is -0.784. The highest BCUT2D eigenvalue weighted by Crippen LogP contribution is 2.22. The Hall–Kier alpha value is -1.70. The van der Waals surface area contributed by atoms with E-state index in [0.29, 0.717) is 12.2 Å². The minimum atomic E-state index is -0.498. The summed E-state index contributed by atoms with van der Waals surface area (Å²) in [6.45, 7) is 0. The normalized spacial score (nSPS) is 17.6. The summed E-state index contributed by atoms with van der Waals surface area (Å²) in [6.07, 6.45) is 2.59. The Balaban J connectivity index is 2.48. The fourth-order valence-electron chi connectivity index (χ4n) is 2.01. The van der Waals surface area contributed by atoms with Crippen LogP contribution < -0.4 is 21.9 Å². The van der Waals surface area contributed by atoms with Gasteiger partial charge in [-0.25, -0.2) is 4.79 Å². The highest BCUT2D eigenvalue weighted by molar-refractivity contribution is 7.98. The zero-order valence-corrected chi connectivity index (χ0v) is 11.8. The maximum Gasteiger partial charge on any atom is 0.332 e. The first kappa shape index (κ1) is 13.7. The summed E-state index contributed by atoms with van der Waals surface area (Å²) < 4.78 is 2.31. The average Bonchev–Trinajstić information content (AvgIpc) is 2.41. The lowest BCUT2D eigenvalue weighted by molar-refractivity contribution is -0.117. The molecule has 0 radical (unpaired) electrons. The Morgan fingerprint density at radius 2 is 1.89 bits per heavy atom. The predicted molar refractivity (Wildman–Crippen MR) is 76.0 cm³/mol. The van der Waals surface area contributed by atoms with Crippen LogP contribution in [0.15, 0.2) is 9.59 Å². The van der Waals surface area contributed by atoms with Crippen LogP contribution in [0.5, 0.6) is 0 Å². The molecule has 1 unspecified atom stereocenters. The first-order valence-corrected chi connectivity index (χ1v) is 7.23. The second-order valence-corrected chi connectivity index (χ2v) is 5.38. The number of aromatic nitrogens is 2. The van der Waals surface area contributed by atoms with Gasteiger partial charge in [0.25, 0.3) is 5.56 Å². The van der Waals surface area contributed by atoms with Gasteiger partial charge in [0.1, 0.15) is 17.5 Å². The Labute approximate surface area is 114 Å². The standard InChI is InChI=1S/C11H16N4O3S/c1-14-8-7(10(17)15(2)11(14)18)13-9(16)6(12-8)4-5-19-3/h6,12H,4-5H2,1-3H3,(H,13,16). The van der Waals surface area contributed by atoms with Crippen molar-refractivity contribution in [2.45, 2.75) is 12.5 Å². The first-order valence-electron chi connectivity index (χ1n) is 5.83. The van der Waals surface area contributed by atoms with Gasteiger partial charge in [-0.3, -0.25) is 18.7 Å². The molecule has 0 aliphatic carbocycles. The zero-order valence-electron chi connectivity index (χ0n) is 11.0. The molecule has 2 N–H and O–H groups in total. The fourth-order valence-corrected chi connectivity index (χ4v) is 2.48. The largest absolute Gasteiger partial charge is 0.358 e. The fraction of sp³-hybridized carbons (Fsp3) is 0.545. The molecule has 0 saturated heterocycles. The SMILES string of the molecule is CSCCC1Nc2c(c(=O)n(C)c(=O)n2C)NC1=O. The second kappa shape index (κ2) is 5.12. The van der Waals surface area contributed by atoms with Crippen molar-refractivity contribution in [3.63, 3.8) is 0 Å². The van der Waals surface area contributed by atoms with E-state index in [2.05, 4.69) is 10.6 Å². The maximum atomic E-state index is 11.9. The van der Waals surface area contributed by atoms with Gasteiger partial charge in [0.05, 0.1) is 0 Å². The van der Waals surface area contributed by atoms with E-state index in [0.717, 1.165) is 10.3 Å². The van der Waals surface area contributed by atoms with Crippen molar-refractivity contribution < 1.29 is 4.79 Å². The van der Waals surface area contributed by atoms with Crippen molar-refractivity contribution in [2.24, 2.45) is 14.1 Å². The number of hydrogen-bond donors (Lipinski definition) is 2. The minimum absolute atomic E-state index is 0.134. The number of carbonyl (C=O) groups excluding carboxylic acids is 1. The molecule has 1 aliphatic heterocycles. The Kier molecular flexibility index (Phi) is 3.70. The van der Waals surface area contributed by atoms with Gasteiger partial charge in [0.15, 0.2) is 0 Å². The van der Waals surface area contributed by atoms with E-state index in [4.69, 9.17) is 0 Å². The molecule has 7 nitrogen and oxygen atoms in total. The van der Waals surface area contributed by atoms with E-state index in [9.17, 15) is 14.4 Å². The predicted octanol–water partition coefficient (Wildman–Crippen LogP) is -0.430. The van der Waals surface area contributed by atoms with E-state index in [-0.39, 0.29) is 11.6 Å². The number of fused-ring (bicyclic) bond motifs is 1. The first-order chi connectivity index (χ1) is 8.97. The second-order valence-electron chi connectivity index (χ2n) is 4.40. The van der Waals surface area contributed by atoms with Gasteiger partial charge < -0.3 is 10.6 Å². The molecular weight excluding hydrogens is 268 g/mol. The molecule has 0 spiro atoms. The highest BCUT2D eigenvalue weighted by Gasteiger charge is 2.29. The molecule has 1 aromatic rings. The zero-order chi connectivity index (χ0) is 14.2. The lowest BCUT2D eigenvalue weighted by Crippen LogP contribution is -2.48. The number of nitrogens with one attached hydrogen (secondary N) is 2. The van der Waals surface area contributed by atoms with Crippen molar-refractivity contribution in [1.82, 2.24) is 9.13 Å². The van der Waals surface area contributed by atoms with Crippen LogP contribution in [0, 0.1) is 0 Å². The van der Waals surface area contributed by atoms with Crippen molar-refractivity contribution in [3.05, 3.63) is 20.8 Å². The molecule has 1 amide bonds. The van der Waals surface area contributed by atoms with Crippen molar-refractivity contribution in [1.29, 1.82) is 0 Å². The van der Waals surface area contributed by atoms with Crippen LogP contribution in [-0.4, -0.2) is 33.1 Å². The van der Waals surface area contributed by atoms with Gasteiger partial charge in [-0.05, 0) is 18.4 Å². The van der Waals surface area contributed by atoms with E-state index in [1.54, 1.807) is 18.8 Å². The summed E-state index contributed by atoms with van der Waals surface area (Å²) in [6, 6.07) is -0.419. The third kappa shape index (κ3) is 2.27. The van der Waals surface area contributed by atoms with E-state index in [1.165, 1.54) is 11.6 Å². The molecule has 0 saturated carbocycles. The van der Waals surface area contributed by atoms with Crippen LogP contribution in [0.2, 0.25) is 0 Å². The molecule has 2 heterocycles. The number of rotatable bonds is 3. The van der Waals surface area contributed by atoms with Crippen LogP contribution in [0.4, 0.5) is 11.5 Å². The molecular formula is C11H16N4O3S. The van der Waals surface area contributed by atoms with E-state index in [1.807, 2.05) is 6.26 Å². The lowest BCUT2D eigenvalue weighted by atomic mass is 10.1. The number of carbonyl (C=O) groups is 1. The van der Waals surface area contributed by atoms with Crippen LogP contribution in [0.1, 0.15) is 6.42 Å². The quantitative estimate of drug-likeness (QED) is 0.787. The van der Waals surface area contributed by atoms with Gasteiger partial charge in [-0.2, -0.15) is 11.8 Å². The molecule has 1 atom stereocenters. The average molecular weight is 284 g/mol. The van der Waals surface area contributed by atoms with Gasteiger partial charge in [-0.15, -0.1) is 0 Å². The summed E-state index contributed by atoms with van der Waals surface area (Å²) >= 11 is 1.64. The lowest BCUT2D eigenvalue weighted by Gasteiger charge is -2.27. The van der Waals surface area contributed by atoms with Crippen LogP contribution in [-0.2, 0) is 18.9 Å². The van der Waals surface area contributed by atoms with E-state index >= 15 is 0 Å².